The summed E-state index contributed by atoms with van der Waals surface area (Å²) in [5.41, 5.74) is 1.28. The quantitative estimate of drug-likeness (QED) is 0.467. The lowest BCUT2D eigenvalue weighted by molar-refractivity contribution is 0.383. The van der Waals surface area contributed by atoms with Crippen molar-refractivity contribution in [3.63, 3.8) is 0 Å². The number of hydrogen-bond acceptors (Lipinski definition) is 2. The Morgan fingerprint density at radius 2 is 1.76 bits per heavy atom. The van der Waals surface area contributed by atoms with Crippen LogP contribution in [0.5, 0.6) is 11.5 Å². The second-order valence-corrected chi connectivity index (χ2v) is 12.0. The lowest BCUT2D eigenvalue weighted by atomic mass is 10.1. The van der Waals surface area contributed by atoms with Gasteiger partial charge in [0.2, 0.25) is 0 Å². The molecule has 120 valence electrons. The highest BCUT2D eigenvalue weighted by Crippen LogP contribution is 2.41. The van der Waals surface area contributed by atoms with E-state index in [1.807, 2.05) is 6.07 Å². The SMILES string of the molecule is CCCCCc1cccc(OC)c1O[Si](C)(C)C(C)(C)C. The Balaban J connectivity index is 3.07. The summed E-state index contributed by atoms with van der Waals surface area (Å²) in [4.78, 5) is 0. The fourth-order valence-corrected chi connectivity index (χ4v) is 3.06. The molecule has 1 aromatic carbocycles. The van der Waals surface area contributed by atoms with Crippen LogP contribution in [0.4, 0.5) is 0 Å². The molecule has 0 N–H and O–H groups in total. The van der Waals surface area contributed by atoms with Gasteiger partial charge in [0.05, 0.1) is 7.11 Å². The van der Waals surface area contributed by atoms with Gasteiger partial charge in [-0.3, -0.25) is 0 Å². The lowest BCUT2D eigenvalue weighted by Crippen LogP contribution is -2.44. The second kappa shape index (κ2) is 7.35. The van der Waals surface area contributed by atoms with Crippen LogP contribution in [0.3, 0.4) is 0 Å². The molecule has 2 nitrogen and oxygen atoms in total. The average molecular weight is 309 g/mol. The van der Waals surface area contributed by atoms with Crippen LogP contribution in [0, 0.1) is 0 Å². The van der Waals surface area contributed by atoms with Crippen molar-refractivity contribution in [3.8, 4) is 11.5 Å². The first-order valence-electron chi connectivity index (χ1n) is 8.08. The van der Waals surface area contributed by atoms with E-state index in [2.05, 4.69) is 52.9 Å². The van der Waals surface area contributed by atoms with E-state index in [9.17, 15) is 0 Å². The summed E-state index contributed by atoms with van der Waals surface area (Å²) in [6.07, 6.45) is 4.77. The van der Waals surface area contributed by atoms with Gasteiger partial charge >= 0.3 is 0 Å². The number of aryl methyl sites for hydroxylation is 1. The molecular formula is C18H32O2Si. The predicted molar refractivity (Wildman–Crippen MR) is 94.0 cm³/mol. The summed E-state index contributed by atoms with van der Waals surface area (Å²) in [5, 5.41) is 0.189. The average Bonchev–Trinajstić information content (AvgIpc) is 2.39. The Morgan fingerprint density at radius 3 is 2.29 bits per heavy atom. The van der Waals surface area contributed by atoms with E-state index in [1.54, 1.807) is 7.11 Å². The molecule has 0 unspecified atom stereocenters. The van der Waals surface area contributed by atoms with E-state index in [0.717, 1.165) is 17.9 Å². The molecule has 0 heterocycles. The Kier molecular flexibility index (Phi) is 6.33. The van der Waals surface area contributed by atoms with E-state index in [1.165, 1.54) is 24.8 Å². The summed E-state index contributed by atoms with van der Waals surface area (Å²) in [6.45, 7) is 13.6. The molecule has 0 aliphatic rings. The summed E-state index contributed by atoms with van der Waals surface area (Å²) < 4.78 is 12.1. The second-order valence-electron chi connectivity index (χ2n) is 7.27. The first-order valence-corrected chi connectivity index (χ1v) is 11.0. The Bertz CT molecular complexity index is 447. The van der Waals surface area contributed by atoms with Crippen LogP contribution >= 0.6 is 0 Å². The fourth-order valence-electron chi connectivity index (χ4n) is 2.01. The number of ether oxygens (including phenoxy) is 1. The summed E-state index contributed by atoms with van der Waals surface area (Å²) in [5.74, 6) is 1.84. The number of para-hydroxylation sites is 1. The van der Waals surface area contributed by atoms with Gasteiger partial charge in [0.15, 0.2) is 5.75 Å². The highest BCUT2D eigenvalue weighted by molar-refractivity contribution is 6.74. The van der Waals surface area contributed by atoms with Gasteiger partial charge in [-0.15, -0.1) is 0 Å². The zero-order chi connectivity index (χ0) is 16.1. The Hall–Kier alpha value is -0.963. The molecule has 0 radical (unpaired) electrons. The third-order valence-corrected chi connectivity index (χ3v) is 8.82. The zero-order valence-electron chi connectivity index (χ0n) is 14.9. The van der Waals surface area contributed by atoms with Gasteiger partial charge in [-0.2, -0.15) is 0 Å². The van der Waals surface area contributed by atoms with Crippen molar-refractivity contribution >= 4 is 8.32 Å². The number of hydrogen-bond donors (Lipinski definition) is 0. The monoisotopic (exact) mass is 308 g/mol. The van der Waals surface area contributed by atoms with Crippen molar-refractivity contribution in [1.29, 1.82) is 0 Å². The minimum atomic E-state index is -1.85. The van der Waals surface area contributed by atoms with E-state index in [-0.39, 0.29) is 5.04 Å². The van der Waals surface area contributed by atoms with Gasteiger partial charge in [-0.05, 0) is 42.6 Å². The number of rotatable bonds is 7. The molecule has 0 atom stereocenters. The largest absolute Gasteiger partial charge is 0.541 e. The lowest BCUT2D eigenvalue weighted by Gasteiger charge is -2.37. The summed E-state index contributed by atoms with van der Waals surface area (Å²) in [7, 11) is -0.126. The molecule has 1 rings (SSSR count). The number of methoxy groups -OCH3 is 1. The fraction of sp³-hybridized carbons (Fsp3) is 0.667. The maximum Gasteiger partial charge on any atom is 0.250 e. The standard InChI is InChI=1S/C18H32O2Si/c1-8-9-10-12-15-13-11-14-16(19-5)17(15)20-21(6,7)18(2,3)4/h11,13-14H,8-10,12H2,1-7H3. The third-order valence-electron chi connectivity index (χ3n) is 4.49. The van der Waals surface area contributed by atoms with Crippen molar-refractivity contribution in [1.82, 2.24) is 0 Å². The first kappa shape index (κ1) is 18.1. The number of benzene rings is 1. The van der Waals surface area contributed by atoms with Gasteiger partial charge in [-0.1, -0.05) is 52.7 Å². The molecular weight excluding hydrogens is 276 g/mol. The third kappa shape index (κ3) is 4.77. The number of unbranched alkanes of at least 4 members (excludes halogenated alkanes) is 2. The molecule has 1 aromatic rings. The molecule has 0 aliphatic carbocycles. The molecule has 0 aromatic heterocycles. The molecule has 0 fully saturated rings. The molecule has 0 spiro atoms. The van der Waals surface area contributed by atoms with Crippen molar-refractivity contribution in [2.45, 2.75) is 71.5 Å². The highest BCUT2D eigenvalue weighted by Gasteiger charge is 2.39. The molecule has 0 aliphatic heterocycles. The molecule has 21 heavy (non-hydrogen) atoms. The summed E-state index contributed by atoms with van der Waals surface area (Å²) in [6, 6.07) is 6.26. The highest BCUT2D eigenvalue weighted by atomic mass is 28.4. The van der Waals surface area contributed by atoms with Gasteiger partial charge in [0.1, 0.15) is 5.75 Å². The van der Waals surface area contributed by atoms with Crippen LogP contribution in [0.15, 0.2) is 18.2 Å². The van der Waals surface area contributed by atoms with Gasteiger partial charge < -0.3 is 9.16 Å². The van der Waals surface area contributed by atoms with Crippen LogP contribution in [-0.4, -0.2) is 15.4 Å². The Morgan fingerprint density at radius 1 is 1.10 bits per heavy atom. The van der Waals surface area contributed by atoms with E-state index >= 15 is 0 Å². The maximum atomic E-state index is 6.56. The minimum Gasteiger partial charge on any atom is -0.541 e. The zero-order valence-corrected chi connectivity index (χ0v) is 15.9. The van der Waals surface area contributed by atoms with Crippen molar-refractivity contribution < 1.29 is 9.16 Å². The maximum absolute atomic E-state index is 6.56. The van der Waals surface area contributed by atoms with Crippen molar-refractivity contribution in [2.24, 2.45) is 0 Å². The topological polar surface area (TPSA) is 18.5 Å². The normalized spacial score (nSPS) is 12.3. The van der Waals surface area contributed by atoms with Crippen LogP contribution < -0.4 is 9.16 Å². The van der Waals surface area contributed by atoms with E-state index < -0.39 is 8.32 Å². The van der Waals surface area contributed by atoms with Gasteiger partial charge in [0.25, 0.3) is 8.32 Å². The first-order chi connectivity index (χ1) is 9.73. The molecule has 0 saturated heterocycles. The smallest absolute Gasteiger partial charge is 0.250 e. The molecule has 0 bridgehead atoms. The van der Waals surface area contributed by atoms with Gasteiger partial charge in [0, 0.05) is 0 Å². The van der Waals surface area contributed by atoms with Gasteiger partial charge in [-0.25, -0.2) is 0 Å². The van der Waals surface area contributed by atoms with Crippen molar-refractivity contribution in [2.75, 3.05) is 7.11 Å². The van der Waals surface area contributed by atoms with Crippen LogP contribution in [0.1, 0.15) is 52.5 Å². The predicted octanol–water partition coefficient (Wildman–Crippen LogP) is 5.81. The van der Waals surface area contributed by atoms with E-state index in [0.29, 0.717) is 0 Å². The summed E-state index contributed by atoms with van der Waals surface area (Å²) >= 11 is 0. The van der Waals surface area contributed by atoms with E-state index in [4.69, 9.17) is 9.16 Å². The van der Waals surface area contributed by atoms with Crippen molar-refractivity contribution in [3.05, 3.63) is 23.8 Å². The minimum absolute atomic E-state index is 0.189. The molecule has 3 heteroatoms. The van der Waals surface area contributed by atoms with Crippen LogP contribution in [0.2, 0.25) is 18.1 Å². The molecule has 0 amide bonds. The molecule has 0 saturated carbocycles. The van der Waals surface area contributed by atoms with Crippen LogP contribution in [-0.2, 0) is 6.42 Å². The van der Waals surface area contributed by atoms with Crippen LogP contribution in [0.25, 0.3) is 0 Å². The Labute approximate surface area is 132 Å².